The number of alkyl halides is 1. The molecule has 1 unspecified atom stereocenters. The highest BCUT2D eigenvalue weighted by Crippen LogP contribution is 2.74. The zero-order valence-electron chi connectivity index (χ0n) is 25.1. The van der Waals surface area contributed by atoms with Crippen molar-refractivity contribution < 1.29 is 48.0 Å². The SMILES string of the molecule is CC1(C)O[C@H]2C[C@H]3[C@@H]4CCC5=CC(=O)C(OCc6cccc(CO[N+](=O)[O-])c6)=C6OCC(=O)[C@]2(O1)[C@@]3(C)C[C@H](O)C4(F)[C@]56C. The first-order chi connectivity index (χ1) is 20.7. The van der Waals surface area contributed by atoms with Crippen LogP contribution in [0.5, 0.6) is 0 Å². The third kappa shape index (κ3) is 3.64. The van der Waals surface area contributed by atoms with Crippen LogP contribution in [0.3, 0.4) is 0 Å². The number of aliphatic hydroxyl groups excluding tert-OH is 1. The van der Waals surface area contributed by atoms with Gasteiger partial charge in [-0.2, -0.15) is 0 Å². The fourth-order valence-corrected chi connectivity index (χ4v) is 9.63. The van der Waals surface area contributed by atoms with Crippen molar-refractivity contribution in [2.75, 3.05) is 6.61 Å². The number of Topliss-reactive ketones (excluding diaryl/α,β-unsaturated/α-hetero) is 1. The van der Waals surface area contributed by atoms with Gasteiger partial charge in [0.15, 0.2) is 22.8 Å². The number of aliphatic hydroxyl groups is 1. The second-order valence-corrected chi connectivity index (χ2v) is 13.9. The van der Waals surface area contributed by atoms with E-state index in [0.29, 0.717) is 36.0 Å². The molecule has 3 saturated carbocycles. The molecule has 0 radical (unpaired) electrons. The minimum atomic E-state index is -2.23. The number of halogens is 1. The number of carbonyl (C=O) groups excluding carboxylic acids is 2. The third-order valence-electron chi connectivity index (χ3n) is 11.3. The fraction of sp³-hybridized carbons (Fsp3) is 0.625. The monoisotopic (exact) mass is 613 g/mol. The van der Waals surface area contributed by atoms with Crippen LogP contribution in [-0.2, 0) is 46.6 Å². The Morgan fingerprint density at radius 3 is 2.59 bits per heavy atom. The van der Waals surface area contributed by atoms with E-state index in [2.05, 4.69) is 4.84 Å². The van der Waals surface area contributed by atoms with E-state index in [1.54, 1.807) is 45.0 Å². The highest BCUT2D eigenvalue weighted by Gasteiger charge is 2.81. The molecule has 11 nitrogen and oxygen atoms in total. The summed E-state index contributed by atoms with van der Waals surface area (Å²) in [7, 11) is 0. The van der Waals surface area contributed by atoms with E-state index in [-0.39, 0.29) is 42.9 Å². The molecule has 1 spiro atoms. The molecule has 7 aliphatic rings. The minimum Gasteiger partial charge on any atom is -0.485 e. The Kier molecular flexibility index (Phi) is 6.23. The molecule has 236 valence electrons. The number of allylic oxidation sites excluding steroid dienone is 2. The molecular weight excluding hydrogens is 577 g/mol. The molecule has 6 bridgehead atoms. The van der Waals surface area contributed by atoms with Gasteiger partial charge in [-0.05, 0) is 75.1 Å². The van der Waals surface area contributed by atoms with Crippen molar-refractivity contribution >= 4 is 11.6 Å². The predicted molar refractivity (Wildman–Crippen MR) is 148 cm³/mol. The van der Waals surface area contributed by atoms with Crippen LogP contribution in [0.2, 0.25) is 0 Å². The van der Waals surface area contributed by atoms with Crippen LogP contribution in [0.4, 0.5) is 4.39 Å². The Labute approximate surface area is 253 Å². The van der Waals surface area contributed by atoms with Crippen molar-refractivity contribution in [3.63, 3.8) is 0 Å². The number of fused-ring (bicyclic) bond motifs is 3. The standard InChI is InChI=1S/C32H36FNO10/c1-28(2)43-25-12-21-20-9-8-19-11-22(35)26(40-14-17-6-5-7-18(10-17)15-42-34(38)39)27-30(19,4)31(20,33)23(36)13-29(21,3)32(25,44-28)24(37)16-41-27/h5-7,10-11,20-21,23,25,36H,8-9,12-16H2,1-4H3/t20-,21-,23-,25-,29-,30+,31?,32+/m0/s1. The van der Waals surface area contributed by atoms with Crippen LogP contribution >= 0.6 is 0 Å². The summed E-state index contributed by atoms with van der Waals surface area (Å²) in [6.07, 6.45) is 0.423. The van der Waals surface area contributed by atoms with E-state index in [1.165, 1.54) is 6.08 Å². The predicted octanol–water partition coefficient (Wildman–Crippen LogP) is 4.04. The average molecular weight is 614 g/mol. The molecule has 3 saturated heterocycles. The van der Waals surface area contributed by atoms with Gasteiger partial charge in [0.2, 0.25) is 17.3 Å². The van der Waals surface area contributed by atoms with E-state index >= 15 is 4.39 Å². The van der Waals surface area contributed by atoms with Crippen LogP contribution in [0, 0.1) is 32.8 Å². The van der Waals surface area contributed by atoms with Crippen molar-refractivity contribution in [1.29, 1.82) is 0 Å². The molecule has 8 rings (SSSR count). The maximum absolute atomic E-state index is 18.2. The van der Waals surface area contributed by atoms with E-state index in [1.807, 2.05) is 6.92 Å². The molecule has 3 heterocycles. The first-order valence-corrected chi connectivity index (χ1v) is 15.1. The lowest BCUT2D eigenvalue weighted by Gasteiger charge is -2.64. The number of ketones is 2. The second kappa shape index (κ2) is 9.34. The normalized spacial score (nSPS) is 41.5. The van der Waals surface area contributed by atoms with Crippen molar-refractivity contribution in [2.45, 2.75) is 95.9 Å². The molecule has 1 aromatic rings. The van der Waals surface area contributed by atoms with E-state index in [9.17, 15) is 24.8 Å². The smallest absolute Gasteiger partial charge is 0.294 e. The van der Waals surface area contributed by atoms with Crippen LogP contribution < -0.4 is 0 Å². The van der Waals surface area contributed by atoms with E-state index in [4.69, 9.17) is 18.9 Å². The van der Waals surface area contributed by atoms with Gasteiger partial charge >= 0.3 is 0 Å². The lowest BCUT2D eigenvalue weighted by molar-refractivity contribution is -0.763. The number of rotatable bonds is 6. The minimum absolute atomic E-state index is 0.0222. The maximum Gasteiger partial charge on any atom is 0.294 e. The number of hydrogen-bond donors (Lipinski definition) is 1. The Morgan fingerprint density at radius 1 is 1.14 bits per heavy atom. The Balaban J connectivity index is 1.33. The third-order valence-corrected chi connectivity index (χ3v) is 11.3. The van der Waals surface area contributed by atoms with Crippen LogP contribution in [-0.4, -0.2) is 57.6 Å². The number of nitrogens with zero attached hydrogens (tertiary/aromatic N) is 1. The summed E-state index contributed by atoms with van der Waals surface area (Å²) in [6, 6.07) is 6.67. The lowest BCUT2D eigenvalue weighted by atomic mass is 9.44. The Bertz CT molecular complexity index is 1540. The van der Waals surface area contributed by atoms with Gasteiger partial charge < -0.3 is 28.9 Å². The summed E-state index contributed by atoms with van der Waals surface area (Å²) >= 11 is 0. The maximum atomic E-state index is 18.2. The number of carbonyl (C=O) groups is 2. The highest BCUT2D eigenvalue weighted by atomic mass is 19.1. The molecule has 12 heteroatoms. The zero-order valence-corrected chi connectivity index (χ0v) is 25.1. The van der Waals surface area contributed by atoms with Gasteiger partial charge in [0.1, 0.15) is 19.8 Å². The molecule has 44 heavy (non-hydrogen) atoms. The highest BCUT2D eigenvalue weighted by molar-refractivity contribution is 6.05. The van der Waals surface area contributed by atoms with Gasteiger partial charge in [-0.25, -0.2) is 4.39 Å². The molecular formula is C32H36FNO10. The van der Waals surface area contributed by atoms with Crippen molar-refractivity contribution in [3.05, 3.63) is 68.7 Å². The van der Waals surface area contributed by atoms with Crippen molar-refractivity contribution in [1.82, 2.24) is 0 Å². The summed E-state index contributed by atoms with van der Waals surface area (Å²) in [5.41, 5.74) is -4.58. The lowest BCUT2D eigenvalue weighted by Crippen LogP contribution is -2.71. The summed E-state index contributed by atoms with van der Waals surface area (Å²) in [4.78, 5) is 43.0. The Morgan fingerprint density at radius 2 is 1.86 bits per heavy atom. The van der Waals surface area contributed by atoms with E-state index < -0.39 is 63.5 Å². The van der Waals surface area contributed by atoms with Crippen LogP contribution in [0.1, 0.15) is 64.5 Å². The van der Waals surface area contributed by atoms with Gasteiger partial charge in [0, 0.05) is 11.3 Å². The fourth-order valence-electron chi connectivity index (χ4n) is 9.63. The molecule has 1 N–H and O–H groups in total. The molecule has 0 aromatic heterocycles. The summed E-state index contributed by atoms with van der Waals surface area (Å²) in [5.74, 6) is -3.32. The molecule has 4 aliphatic carbocycles. The van der Waals surface area contributed by atoms with Gasteiger partial charge in [0.05, 0.1) is 17.6 Å². The number of ether oxygens (including phenoxy) is 4. The van der Waals surface area contributed by atoms with E-state index in [0.717, 1.165) is 0 Å². The van der Waals surface area contributed by atoms with Gasteiger partial charge in [-0.15, -0.1) is 10.1 Å². The Hall–Kier alpha value is -3.35. The summed E-state index contributed by atoms with van der Waals surface area (Å²) in [6.45, 7) is 6.14. The molecule has 0 amide bonds. The molecule has 1 aromatic carbocycles. The summed E-state index contributed by atoms with van der Waals surface area (Å²) in [5, 5.41) is 21.6. The first-order valence-electron chi connectivity index (χ1n) is 15.1. The first kappa shape index (κ1) is 29.4. The van der Waals surface area contributed by atoms with Crippen LogP contribution in [0.15, 0.2) is 47.4 Å². The molecule has 6 fully saturated rings. The number of benzene rings is 1. The zero-order chi connectivity index (χ0) is 31.4. The second-order valence-electron chi connectivity index (χ2n) is 13.9. The van der Waals surface area contributed by atoms with Gasteiger partial charge in [-0.3, -0.25) is 9.59 Å². The molecule has 8 atom stereocenters. The number of hydrogen-bond acceptors (Lipinski definition) is 10. The largest absolute Gasteiger partial charge is 0.485 e. The van der Waals surface area contributed by atoms with Crippen molar-refractivity contribution in [2.24, 2.45) is 22.7 Å². The summed E-state index contributed by atoms with van der Waals surface area (Å²) < 4.78 is 43.3. The topological polar surface area (TPSA) is 144 Å². The average Bonchev–Trinajstić information content (AvgIpc) is 3.36. The van der Waals surface area contributed by atoms with Gasteiger partial charge in [-0.1, -0.05) is 31.2 Å². The quantitative estimate of drug-likeness (QED) is 0.369. The van der Waals surface area contributed by atoms with Crippen molar-refractivity contribution in [3.8, 4) is 0 Å². The van der Waals surface area contributed by atoms with Gasteiger partial charge in [0.25, 0.3) is 5.09 Å². The molecule has 3 aliphatic heterocycles. The van der Waals surface area contributed by atoms with Crippen LogP contribution in [0.25, 0.3) is 0 Å².